The third-order valence-electron chi connectivity index (χ3n) is 3.24. The molecule has 0 aliphatic carbocycles. The number of nitrogens with zero attached hydrogens (tertiary/aromatic N) is 1. The van der Waals surface area contributed by atoms with E-state index in [0.29, 0.717) is 6.04 Å². The van der Waals surface area contributed by atoms with E-state index in [-0.39, 0.29) is 18.6 Å². The zero-order chi connectivity index (χ0) is 15.4. The molecule has 0 fully saturated rings. The Kier molecular flexibility index (Phi) is 5.02. The average molecular weight is 288 g/mol. The van der Waals surface area contributed by atoms with Gasteiger partial charge in [-0.1, -0.05) is 32.0 Å². The molecule has 1 N–H and O–H groups in total. The van der Waals surface area contributed by atoms with Crippen molar-refractivity contribution >= 4 is 16.9 Å². The van der Waals surface area contributed by atoms with Gasteiger partial charge >= 0.3 is 5.97 Å². The molecule has 0 spiro atoms. The Balaban J connectivity index is 2.25. The standard InChI is InChI=1S/C17H24N2O2/c1-12(2)18-10-15-7-5-6-14-8-9-19(17(14)15)11-16(20)21-13(3)4/h5-9,12-13,18H,10-11H2,1-4H3. The molecule has 0 saturated heterocycles. The number of carbonyl (C=O) groups excluding carboxylic acids is 1. The van der Waals surface area contributed by atoms with Crippen LogP contribution in [0.3, 0.4) is 0 Å². The highest BCUT2D eigenvalue weighted by Gasteiger charge is 2.11. The number of ether oxygens (including phenoxy) is 1. The van der Waals surface area contributed by atoms with Crippen LogP contribution in [0.1, 0.15) is 33.3 Å². The summed E-state index contributed by atoms with van der Waals surface area (Å²) in [6.07, 6.45) is 1.87. The Morgan fingerprint density at radius 1 is 1.24 bits per heavy atom. The van der Waals surface area contributed by atoms with Crippen molar-refractivity contribution in [3.63, 3.8) is 0 Å². The zero-order valence-corrected chi connectivity index (χ0v) is 13.2. The van der Waals surface area contributed by atoms with Crippen LogP contribution in [0.4, 0.5) is 0 Å². The molecule has 0 radical (unpaired) electrons. The molecule has 4 nitrogen and oxygen atoms in total. The van der Waals surface area contributed by atoms with Gasteiger partial charge in [0.05, 0.1) is 11.6 Å². The first-order valence-corrected chi connectivity index (χ1v) is 7.47. The molecule has 1 aromatic heterocycles. The molecule has 1 aromatic carbocycles. The molecule has 0 aliphatic heterocycles. The lowest BCUT2D eigenvalue weighted by Gasteiger charge is -2.13. The first-order valence-electron chi connectivity index (χ1n) is 7.47. The van der Waals surface area contributed by atoms with Crippen LogP contribution >= 0.6 is 0 Å². The lowest BCUT2D eigenvalue weighted by Crippen LogP contribution is -2.22. The van der Waals surface area contributed by atoms with Crippen LogP contribution in [-0.2, 0) is 22.6 Å². The second-order valence-corrected chi connectivity index (χ2v) is 5.87. The summed E-state index contributed by atoms with van der Waals surface area (Å²) in [6, 6.07) is 8.68. The monoisotopic (exact) mass is 288 g/mol. The minimum Gasteiger partial charge on any atom is -0.462 e. The maximum atomic E-state index is 11.9. The van der Waals surface area contributed by atoms with Crippen molar-refractivity contribution in [2.45, 2.75) is 52.9 Å². The molecule has 1 heterocycles. The van der Waals surface area contributed by atoms with Gasteiger partial charge in [0.2, 0.25) is 0 Å². The molecule has 0 aliphatic rings. The van der Waals surface area contributed by atoms with Crippen molar-refractivity contribution in [2.24, 2.45) is 0 Å². The maximum Gasteiger partial charge on any atom is 0.326 e. The predicted molar refractivity (Wildman–Crippen MR) is 85.1 cm³/mol. The Hall–Kier alpha value is -1.81. The summed E-state index contributed by atoms with van der Waals surface area (Å²) in [5.41, 5.74) is 2.30. The van der Waals surface area contributed by atoms with Crippen molar-refractivity contribution in [1.82, 2.24) is 9.88 Å². The number of rotatable bonds is 6. The molecule has 2 rings (SSSR count). The van der Waals surface area contributed by atoms with Gasteiger partial charge in [0.25, 0.3) is 0 Å². The van der Waals surface area contributed by atoms with Gasteiger partial charge in [0, 0.05) is 18.8 Å². The smallest absolute Gasteiger partial charge is 0.326 e. The molecule has 114 valence electrons. The highest BCUT2D eigenvalue weighted by molar-refractivity contribution is 5.85. The number of nitrogens with one attached hydrogen (secondary N) is 1. The van der Waals surface area contributed by atoms with Crippen molar-refractivity contribution in [2.75, 3.05) is 0 Å². The summed E-state index contributed by atoms with van der Waals surface area (Å²) in [5.74, 6) is -0.200. The minimum atomic E-state index is -0.200. The van der Waals surface area contributed by atoms with Crippen molar-refractivity contribution < 1.29 is 9.53 Å². The summed E-state index contributed by atoms with van der Waals surface area (Å²) in [4.78, 5) is 11.9. The molecule has 2 aromatic rings. The van der Waals surface area contributed by atoms with E-state index >= 15 is 0 Å². The summed E-state index contributed by atoms with van der Waals surface area (Å²) in [7, 11) is 0. The summed E-state index contributed by atoms with van der Waals surface area (Å²) in [5, 5.41) is 4.58. The first-order chi connectivity index (χ1) is 9.97. The second kappa shape index (κ2) is 6.76. The molecule has 4 heteroatoms. The molecular formula is C17H24N2O2. The highest BCUT2D eigenvalue weighted by Crippen LogP contribution is 2.20. The molecule has 0 amide bonds. The van der Waals surface area contributed by atoms with Crippen LogP contribution in [-0.4, -0.2) is 22.7 Å². The topological polar surface area (TPSA) is 43.3 Å². The van der Waals surface area contributed by atoms with E-state index in [0.717, 1.165) is 17.4 Å². The van der Waals surface area contributed by atoms with Crippen LogP contribution in [0.15, 0.2) is 30.5 Å². The lowest BCUT2D eigenvalue weighted by atomic mass is 10.1. The van der Waals surface area contributed by atoms with Gasteiger partial charge in [0.15, 0.2) is 0 Å². The average Bonchev–Trinajstić information content (AvgIpc) is 2.79. The first kappa shape index (κ1) is 15.6. The number of hydrogen-bond donors (Lipinski definition) is 1. The van der Waals surface area contributed by atoms with Gasteiger partial charge in [-0.3, -0.25) is 4.79 Å². The Morgan fingerprint density at radius 3 is 2.67 bits per heavy atom. The van der Waals surface area contributed by atoms with Gasteiger partial charge in [-0.25, -0.2) is 0 Å². The van der Waals surface area contributed by atoms with E-state index in [2.05, 4.69) is 37.4 Å². The van der Waals surface area contributed by atoms with Gasteiger partial charge in [-0.15, -0.1) is 0 Å². The van der Waals surface area contributed by atoms with E-state index in [9.17, 15) is 4.79 Å². The molecular weight excluding hydrogens is 264 g/mol. The van der Waals surface area contributed by atoms with Crippen LogP contribution in [0.25, 0.3) is 10.9 Å². The number of aromatic nitrogens is 1. The van der Waals surface area contributed by atoms with Gasteiger partial charge in [0.1, 0.15) is 6.54 Å². The van der Waals surface area contributed by atoms with E-state index in [4.69, 9.17) is 4.74 Å². The minimum absolute atomic E-state index is 0.0820. The maximum absolute atomic E-state index is 11.9. The molecule has 0 unspecified atom stereocenters. The second-order valence-electron chi connectivity index (χ2n) is 5.87. The van der Waals surface area contributed by atoms with Gasteiger partial charge < -0.3 is 14.6 Å². The Morgan fingerprint density at radius 2 is 2.00 bits per heavy atom. The molecule has 21 heavy (non-hydrogen) atoms. The third-order valence-corrected chi connectivity index (χ3v) is 3.24. The van der Waals surface area contributed by atoms with Gasteiger partial charge in [-0.05, 0) is 30.9 Å². The van der Waals surface area contributed by atoms with E-state index < -0.39 is 0 Å². The Labute approximate surface area is 126 Å². The van der Waals surface area contributed by atoms with Crippen LogP contribution in [0.5, 0.6) is 0 Å². The number of hydrogen-bond acceptors (Lipinski definition) is 3. The number of carbonyl (C=O) groups is 1. The molecule has 0 saturated carbocycles. The summed E-state index contributed by atoms with van der Waals surface area (Å²) >= 11 is 0. The zero-order valence-electron chi connectivity index (χ0n) is 13.2. The van der Waals surface area contributed by atoms with Crippen molar-refractivity contribution in [3.8, 4) is 0 Å². The summed E-state index contributed by atoms with van der Waals surface area (Å²) in [6.45, 7) is 9.02. The summed E-state index contributed by atoms with van der Waals surface area (Å²) < 4.78 is 7.20. The van der Waals surface area contributed by atoms with Crippen LogP contribution in [0, 0.1) is 0 Å². The number of benzene rings is 1. The fourth-order valence-electron chi connectivity index (χ4n) is 2.37. The normalized spacial score (nSPS) is 11.5. The van der Waals surface area contributed by atoms with Gasteiger partial charge in [-0.2, -0.15) is 0 Å². The van der Waals surface area contributed by atoms with E-state index in [1.54, 1.807) is 0 Å². The quantitative estimate of drug-likeness (QED) is 0.831. The largest absolute Gasteiger partial charge is 0.462 e. The SMILES string of the molecule is CC(C)NCc1cccc2ccn(CC(=O)OC(C)C)c12. The van der Waals surface area contributed by atoms with Crippen LogP contribution in [0.2, 0.25) is 0 Å². The van der Waals surface area contributed by atoms with E-state index in [1.165, 1.54) is 5.56 Å². The fraction of sp³-hybridized carbons (Fsp3) is 0.471. The number of esters is 1. The predicted octanol–water partition coefficient (Wildman–Crippen LogP) is 3.09. The van der Waals surface area contributed by atoms with Crippen molar-refractivity contribution in [1.29, 1.82) is 0 Å². The Bertz CT molecular complexity index is 614. The lowest BCUT2D eigenvalue weighted by molar-refractivity contribution is -0.148. The fourth-order valence-corrected chi connectivity index (χ4v) is 2.37. The number of para-hydroxylation sites is 1. The van der Waals surface area contributed by atoms with Crippen molar-refractivity contribution in [3.05, 3.63) is 36.0 Å². The number of fused-ring (bicyclic) bond motifs is 1. The van der Waals surface area contributed by atoms with E-state index in [1.807, 2.05) is 30.7 Å². The van der Waals surface area contributed by atoms with Crippen LogP contribution < -0.4 is 5.32 Å². The molecule has 0 atom stereocenters. The highest BCUT2D eigenvalue weighted by atomic mass is 16.5. The molecule has 0 bridgehead atoms. The third kappa shape index (κ3) is 4.08.